The van der Waals surface area contributed by atoms with E-state index in [0.717, 1.165) is 5.56 Å². The number of benzene rings is 1. The van der Waals surface area contributed by atoms with Crippen molar-refractivity contribution in [3.63, 3.8) is 0 Å². The molecule has 140 valence electrons. The molecule has 6 heteroatoms. The first kappa shape index (κ1) is 21.0. The van der Waals surface area contributed by atoms with Crippen LogP contribution >= 0.6 is 0 Å². The summed E-state index contributed by atoms with van der Waals surface area (Å²) in [4.78, 5) is 26.5. The number of hydrogen-bond acceptors (Lipinski definition) is 5. The molecule has 0 saturated heterocycles. The zero-order valence-electron chi connectivity index (χ0n) is 15.9. The van der Waals surface area contributed by atoms with E-state index in [1.807, 2.05) is 37.3 Å². The van der Waals surface area contributed by atoms with E-state index < -0.39 is 23.7 Å². The van der Waals surface area contributed by atoms with Crippen molar-refractivity contribution in [1.82, 2.24) is 4.90 Å². The number of esters is 1. The molecule has 0 aliphatic rings. The molecule has 0 fully saturated rings. The van der Waals surface area contributed by atoms with Gasteiger partial charge in [-0.15, -0.1) is 0 Å². The number of hydrogen-bond donors (Lipinski definition) is 0. The van der Waals surface area contributed by atoms with Gasteiger partial charge in [0.25, 0.3) is 0 Å². The average molecular weight is 351 g/mol. The van der Waals surface area contributed by atoms with Crippen LogP contribution in [0.3, 0.4) is 0 Å². The van der Waals surface area contributed by atoms with Crippen LogP contribution in [0.1, 0.15) is 46.1 Å². The summed E-state index contributed by atoms with van der Waals surface area (Å²) >= 11 is 0. The highest BCUT2D eigenvalue weighted by molar-refractivity contribution is 5.82. The molecule has 0 N–H and O–H groups in total. The molecule has 25 heavy (non-hydrogen) atoms. The van der Waals surface area contributed by atoms with Crippen molar-refractivity contribution in [2.75, 3.05) is 20.4 Å². The maximum absolute atomic E-state index is 12.7. The number of ether oxygens (including phenoxy) is 3. The van der Waals surface area contributed by atoms with E-state index in [0.29, 0.717) is 0 Å². The molecular formula is C19H29NO5. The van der Waals surface area contributed by atoms with E-state index in [2.05, 4.69) is 0 Å². The van der Waals surface area contributed by atoms with E-state index in [1.54, 1.807) is 27.7 Å². The number of carbonyl (C=O) groups excluding carboxylic acids is 2. The minimum absolute atomic E-state index is 0.0738. The van der Waals surface area contributed by atoms with Gasteiger partial charge in [-0.2, -0.15) is 0 Å². The lowest BCUT2D eigenvalue weighted by molar-refractivity contribution is -0.152. The highest BCUT2D eigenvalue weighted by Gasteiger charge is 2.38. The third-order valence-corrected chi connectivity index (χ3v) is 3.56. The maximum Gasteiger partial charge on any atom is 0.412 e. The Labute approximate surface area is 150 Å². The van der Waals surface area contributed by atoms with Crippen molar-refractivity contribution in [3.05, 3.63) is 35.9 Å². The number of rotatable bonds is 7. The van der Waals surface area contributed by atoms with Crippen molar-refractivity contribution in [2.24, 2.45) is 0 Å². The van der Waals surface area contributed by atoms with E-state index in [9.17, 15) is 9.59 Å². The van der Waals surface area contributed by atoms with E-state index >= 15 is 0 Å². The van der Waals surface area contributed by atoms with Crippen molar-refractivity contribution in [1.29, 1.82) is 0 Å². The van der Waals surface area contributed by atoms with Crippen molar-refractivity contribution >= 4 is 12.1 Å². The lowest BCUT2D eigenvalue weighted by Crippen LogP contribution is -2.51. The summed E-state index contributed by atoms with van der Waals surface area (Å²) in [5.41, 5.74) is 0.239. The fourth-order valence-corrected chi connectivity index (χ4v) is 2.47. The van der Waals surface area contributed by atoms with Crippen LogP contribution in [0.2, 0.25) is 0 Å². The second-order valence-electron chi connectivity index (χ2n) is 6.76. The third-order valence-electron chi connectivity index (χ3n) is 3.56. The molecule has 0 spiro atoms. The molecule has 0 aliphatic heterocycles. The molecule has 1 aromatic carbocycles. The predicted molar refractivity (Wildman–Crippen MR) is 95.2 cm³/mol. The van der Waals surface area contributed by atoms with Gasteiger partial charge in [-0.05, 0) is 33.3 Å². The van der Waals surface area contributed by atoms with Crippen LogP contribution in [0.15, 0.2) is 30.3 Å². The fourth-order valence-electron chi connectivity index (χ4n) is 2.47. The SMILES string of the molecule is CCOC(=O)[C@@H]([C@H](C)c1ccccc1)N(COC)C(=O)OC(C)(C)C. The van der Waals surface area contributed by atoms with Crippen LogP contribution in [0.25, 0.3) is 0 Å². The van der Waals surface area contributed by atoms with Crippen LogP contribution in [-0.2, 0) is 19.0 Å². The number of carbonyl (C=O) groups is 2. The molecular weight excluding hydrogens is 322 g/mol. The molecule has 0 saturated carbocycles. The molecule has 2 atom stereocenters. The standard InChI is InChI=1S/C19H29NO5/c1-7-24-17(21)16(14(2)15-11-9-8-10-12-15)20(13-23-6)18(22)25-19(3,4)5/h8-12,14,16H,7,13H2,1-6H3/t14-,16-/m1/s1. The Balaban J connectivity index is 3.20. The molecule has 0 heterocycles. The topological polar surface area (TPSA) is 65.1 Å². The van der Waals surface area contributed by atoms with Gasteiger partial charge in [-0.3, -0.25) is 4.90 Å². The Morgan fingerprint density at radius 1 is 1.16 bits per heavy atom. The molecule has 0 unspecified atom stereocenters. The fraction of sp³-hybridized carbons (Fsp3) is 0.579. The van der Waals surface area contributed by atoms with Crippen LogP contribution in [0.5, 0.6) is 0 Å². The zero-order chi connectivity index (χ0) is 19.0. The molecule has 0 radical (unpaired) electrons. The minimum Gasteiger partial charge on any atom is -0.464 e. The van der Waals surface area contributed by atoms with Gasteiger partial charge in [0.1, 0.15) is 18.4 Å². The Kier molecular flexibility index (Phi) is 7.90. The second kappa shape index (κ2) is 9.42. The van der Waals surface area contributed by atoms with Crippen LogP contribution in [0, 0.1) is 0 Å². The lowest BCUT2D eigenvalue weighted by atomic mass is 9.92. The van der Waals surface area contributed by atoms with Crippen LogP contribution in [0.4, 0.5) is 4.79 Å². The van der Waals surface area contributed by atoms with Gasteiger partial charge in [-0.1, -0.05) is 37.3 Å². The van der Waals surface area contributed by atoms with E-state index in [-0.39, 0.29) is 19.3 Å². The summed E-state index contributed by atoms with van der Waals surface area (Å²) in [5.74, 6) is -0.773. The van der Waals surface area contributed by atoms with E-state index in [4.69, 9.17) is 14.2 Å². The van der Waals surface area contributed by atoms with Gasteiger partial charge in [0.2, 0.25) is 0 Å². The van der Waals surface area contributed by atoms with Crippen molar-refractivity contribution < 1.29 is 23.8 Å². The highest BCUT2D eigenvalue weighted by atomic mass is 16.6. The Morgan fingerprint density at radius 2 is 1.76 bits per heavy atom. The number of methoxy groups -OCH3 is 1. The smallest absolute Gasteiger partial charge is 0.412 e. The molecule has 0 aromatic heterocycles. The summed E-state index contributed by atoms with van der Waals surface area (Å²) in [7, 11) is 1.47. The van der Waals surface area contributed by atoms with Gasteiger partial charge >= 0.3 is 12.1 Å². The number of amides is 1. The molecule has 1 amide bonds. The van der Waals surface area contributed by atoms with Crippen molar-refractivity contribution in [3.8, 4) is 0 Å². The Morgan fingerprint density at radius 3 is 2.24 bits per heavy atom. The molecule has 1 rings (SSSR count). The zero-order valence-corrected chi connectivity index (χ0v) is 15.9. The summed E-state index contributed by atoms with van der Waals surface area (Å²) < 4.78 is 15.8. The monoisotopic (exact) mass is 351 g/mol. The average Bonchev–Trinajstić information content (AvgIpc) is 2.53. The van der Waals surface area contributed by atoms with Gasteiger partial charge in [0, 0.05) is 13.0 Å². The largest absolute Gasteiger partial charge is 0.464 e. The van der Waals surface area contributed by atoms with Crippen molar-refractivity contribution in [2.45, 2.75) is 52.2 Å². The molecule has 6 nitrogen and oxygen atoms in total. The Hall–Kier alpha value is -2.08. The van der Waals surface area contributed by atoms with Gasteiger partial charge in [-0.25, -0.2) is 9.59 Å². The highest BCUT2D eigenvalue weighted by Crippen LogP contribution is 2.26. The summed E-state index contributed by atoms with van der Waals surface area (Å²) in [6.07, 6.45) is -0.616. The van der Waals surface area contributed by atoms with E-state index in [1.165, 1.54) is 12.0 Å². The minimum atomic E-state index is -0.850. The van der Waals surface area contributed by atoms with Crippen LogP contribution in [-0.4, -0.2) is 49.1 Å². The number of nitrogens with zero attached hydrogens (tertiary/aromatic N) is 1. The predicted octanol–water partition coefficient (Wildman–Crippen LogP) is 3.56. The summed E-state index contributed by atoms with van der Waals surface area (Å²) in [6.45, 7) is 9.09. The summed E-state index contributed by atoms with van der Waals surface area (Å²) in [6, 6.07) is 8.66. The quantitative estimate of drug-likeness (QED) is 0.555. The first-order valence-electron chi connectivity index (χ1n) is 8.41. The second-order valence-corrected chi connectivity index (χ2v) is 6.76. The van der Waals surface area contributed by atoms with Gasteiger partial charge < -0.3 is 14.2 Å². The third kappa shape index (κ3) is 6.38. The van der Waals surface area contributed by atoms with Crippen LogP contribution < -0.4 is 0 Å². The maximum atomic E-state index is 12.7. The normalized spacial score (nSPS) is 13.7. The lowest BCUT2D eigenvalue weighted by Gasteiger charge is -2.34. The van der Waals surface area contributed by atoms with Gasteiger partial charge in [0.15, 0.2) is 0 Å². The molecule has 0 bridgehead atoms. The Bertz CT molecular complexity index is 553. The first-order chi connectivity index (χ1) is 11.7. The molecule has 0 aliphatic carbocycles. The molecule has 1 aromatic rings. The van der Waals surface area contributed by atoms with Gasteiger partial charge in [0.05, 0.1) is 6.61 Å². The first-order valence-corrected chi connectivity index (χ1v) is 8.41. The summed E-state index contributed by atoms with van der Waals surface area (Å²) in [5, 5.41) is 0.